The van der Waals surface area contributed by atoms with Crippen LogP contribution in [0.25, 0.3) is 0 Å². The van der Waals surface area contributed by atoms with Crippen LogP contribution in [0.5, 0.6) is 0 Å². The Kier molecular flexibility index (Phi) is 5.18. The summed E-state index contributed by atoms with van der Waals surface area (Å²) in [5.74, 6) is -1.54. The zero-order chi connectivity index (χ0) is 18.7. The fourth-order valence-electron chi connectivity index (χ4n) is 2.79. The number of carbonyl (C=O) groups is 2. The maximum absolute atomic E-state index is 12.9. The quantitative estimate of drug-likeness (QED) is 0.740. The van der Waals surface area contributed by atoms with E-state index >= 15 is 0 Å². The molecule has 3 rings (SSSR count). The molecule has 0 aliphatic carbocycles. The Morgan fingerprint density at radius 3 is 2.62 bits per heavy atom. The van der Waals surface area contributed by atoms with Crippen molar-refractivity contribution in [1.82, 2.24) is 4.90 Å². The van der Waals surface area contributed by atoms with E-state index in [-0.39, 0.29) is 36.8 Å². The predicted molar refractivity (Wildman–Crippen MR) is 90.2 cm³/mol. The summed E-state index contributed by atoms with van der Waals surface area (Å²) in [6.45, 7) is 0.153. The highest BCUT2D eigenvalue weighted by molar-refractivity contribution is 6.14. The lowest BCUT2D eigenvalue weighted by atomic mass is 10.1. The Morgan fingerprint density at radius 1 is 1.19 bits per heavy atom. The highest BCUT2D eigenvalue weighted by Gasteiger charge is 2.34. The molecule has 26 heavy (non-hydrogen) atoms. The summed E-state index contributed by atoms with van der Waals surface area (Å²) in [7, 11) is 0. The van der Waals surface area contributed by atoms with E-state index in [4.69, 9.17) is 9.52 Å². The molecule has 2 N–H and O–H groups in total. The monoisotopic (exact) mass is 359 g/mol. The van der Waals surface area contributed by atoms with Crippen LogP contribution in [0, 0.1) is 5.82 Å². The molecule has 1 aliphatic rings. The first-order chi connectivity index (χ1) is 12.5. The van der Waals surface area contributed by atoms with Gasteiger partial charge in [-0.2, -0.15) is 0 Å². The number of ketones is 1. The van der Waals surface area contributed by atoms with E-state index in [1.165, 1.54) is 23.1 Å². The van der Waals surface area contributed by atoms with Gasteiger partial charge in [-0.15, -0.1) is 0 Å². The van der Waals surface area contributed by atoms with Crippen LogP contribution >= 0.6 is 0 Å². The van der Waals surface area contributed by atoms with E-state index in [0.29, 0.717) is 18.6 Å². The highest BCUT2D eigenvalue weighted by atomic mass is 19.1. The van der Waals surface area contributed by atoms with Gasteiger partial charge in [-0.25, -0.2) is 4.39 Å². The van der Waals surface area contributed by atoms with Crippen LogP contribution < -0.4 is 0 Å². The summed E-state index contributed by atoms with van der Waals surface area (Å²) in [5, 5.41) is 18.8. The summed E-state index contributed by atoms with van der Waals surface area (Å²) in [6, 6.07) is 9.07. The van der Waals surface area contributed by atoms with Gasteiger partial charge >= 0.3 is 0 Å². The zero-order valence-corrected chi connectivity index (χ0v) is 13.9. The van der Waals surface area contributed by atoms with E-state index < -0.39 is 17.4 Å². The van der Waals surface area contributed by atoms with E-state index in [2.05, 4.69) is 0 Å². The fraction of sp³-hybridized carbons (Fsp3) is 0.263. The van der Waals surface area contributed by atoms with Crippen LogP contribution in [0.2, 0.25) is 0 Å². The van der Waals surface area contributed by atoms with Crippen molar-refractivity contribution in [2.75, 3.05) is 19.7 Å². The lowest BCUT2D eigenvalue weighted by molar-refractivity contribution is -0.127. The van der Waals surface area contributed by atoms with E-state index in [9.17, 15) is 19.1 Å². The molecule has 1 aromatic heterocycles. The summed E-state index contributed by atoms with van der Waals surface area (Å²) in [5.41, 5.74) is 0.809. The molecule has 1 amide bonds. The normalized spacial score (nSPS) is 14.4. The summed E-state index contributed by atoms with van der Waals surface area (Å²) < 4.78 is 18.5. The Balaban J connectivity index is 1.71. The molecule has 136 valence electrons. The summed E-state index contributed by atoms with van der Waals surface area (Å²) in [4.78, 5) is 25.8. The van der Waals surface area contributed by atoms with Crippen molar-refractivity contribution in [3.05, 3.63) is 70.6 Å². The number of carbonyl (C=O) groups excluding carboxylic acids is 2. The van der Waals surface area contributed by atoms with Crippen LogP contribution in [0.1, 0.15) is 28.3 Å². The molecule has 0 saturated heterocycles. The van der Waals surface area contributed by atoms with Gasteiger partial charge in [0.15, 0.2) is 11.5 Å². The van der Waals surface area contributed by atoms with Crippen LogP contribution in [-0.4, -0.2) is 46.5 Å². The van der Waals surface area contributed by atoms with Gasteiger partial charge in [0, 0.05) is 19.6 Å². The number of aliphatic hydroxyl groups is 2. The van der Waals surface area contributed by atoms with Crippen molar-refractivity contribution >= 4 is 11.7 Å². The molecule has 0 fully saturated rings. The minimum absolute atomic E-state index is 0.0164. The molecule has 0 spiro atoms. The van der Waals surface area contributed by atoms with Crippen molar-refractivity contribution in [3.63, 3.8) is 0 Å². The number of rotatable bonds is 7. The van der Waals surface area contributed by atoms with Crippen LogP contribution in [0.4, 0.5) is 4.39 Å². The first-order valence-corrected chi connectivity index (χ1v) is 8.19. The zero-order valence-electron chi connectivity index (χ0n) is 13.9. The minimum atomic E-state index is -0.625. The predicted octanol–water partition coefficient (Wildman–Crippen LogP) is 2.23. The number of amides is 1. The van der Waals surface area contributed by atoms with Crippen molar-refractivity contribution < 1.29 is 28.6 Å². The molecule has 0 saturated carbocycles. The van der Waals surface area contributed by atoms with E-state index in [1.807, 2.05) is 0 Å². The van der Waals surface area contributed by atoms with Gasteiger partial charge in [0.25, 0.3) is 5.91 Å². The largest absolute Gasteiger partial charge is 0.503 e. The van der Waals surface area contributed by atoms with Crippen LogP contribution in [-0.2, 0) is 11.2 Å². The van der Waals surface area contributed by atoms with Gasteiger partial charge in [-0.3, -0.25) is 9.59 Å². The maximum Gasteiger partial charge on any atom is 0.289 e. The molecule has 0 bridgehead atoms. The molecule has 2 aromatic rings. The highest BCUT2D eigenvalue weighted by Crippen LogP contribution is 2.23. The molecule has 1 aliphatic heterocycles. The van der Waals surface area contributed by atoms with E-state index in [1.54, 1.807) is 18.2 Å². The van der Waals surface area contributed by atoms with Crippen molar-refractivity contribution in [2.45, 2.75) is 12.8 Å². The molecule has 0 radical (unpaired) electrons. The smallest absolute Gasteiger partial charge is 0.289 e. The summed E-state index contributed by atoms with van der Waals surface area (Å²) >= 11 is 0. The molecular formula is C19H18FNO5. The maximum atomic E-state index is 12.9. The Labute approximate surface area is 149 Å². The van der Waals surface area contributed by atoms with Gasteiger partial charge in [0.05, 0.1) is 12.1 Å². The molecular weight excluding hydrogens is 341 g/mol. The van der Waals surface area contributed by atoms with Gasteiger partial charge in [-0.1, -0.05) is 12.1 Å². The molecule has 6 nitrogen and oxygen atoms in total. The number of halogens is 1. The minimum Gasteiger partial charge on any atom is -0.503 e. The summed E-state index contributed by atoms with van der Waals surface area (Å²) in [6.07, 6.45) is 0.753. The SMILES string of the molecule is O=C(C1=C(O)C(=O)N(CCCO)C1)c1ccc(Cc2ccc(F)cc2)o1. The number of furan rings is 1. The number of hydrogen-bond donors (Lipinski definition) is 2. The van der Waals surface area contributed by atoms with Crippen molar-refractivity contribution in [3.8, 4) is 0 Å². The Morgan fingerprint density at radius 2 is 1.92 bits per heavy atom. The standard InChI is InChI=1S/C19H18FNO5/c20-13-4-2-12(3-5-13)10-14-6-7-16(26-14)17(23)15-11-21(8-1-9-22)19(25)18(15)24/h2-7,22,24H,1,8-11H2. The number of benzene rings is 1. The van der Waals surface area contributed by atoms with Crippen LogP contribution in [0.15, 0.2) is 52.1 Å². The van der Waals surface area contributed by atoms with Crippen LogP contribution in [0.3, 0.4) is 0 Å². The molecule has 1 aromatic carbocycles. The topological polar surface area (TPSA) is 91.0 Å². The molecule has 7 heteroatoms. The molecule has 0 atom stereocenters. The third kappa shape index (κ3) is 3.67. The average Bonchev–Trinajstić information content (AvgIpc) is 3.21. The third-order valence-corrected chi connectivity index (χ3v) is 4.16. The number of Topliss-reactive ketones (excluding diaryl/α,β-unsaturated/α-hetero) is 1. The first-order valence-electron chi connectivity index (χ1n) is 8.19. The second-order valence-corrected chi connectivity index (χ2v) is 6.03. The second kappa shape index (κ2) is 7.53. The van der Waals surface area contributed by atoms with E-state index in [0.717, 1.165) is 5.56 Å². The number of hydrogen-bond acceptors (Lipinski definition) is 5. The van der Waals surface area contributed by atoms with Gasteiger partial charge in [0.2, 0.25) is 5.78 Å². The number of nitrogens with zero attached hydrogens (tertiary/aromatic N) is 1. The second-order valence-electron chi connectivity index (χ2n) is 6.03. The van der Waals surface area contributed by atoms with Crippen molar-refractivity contribution in [1.29, 1.82) is 0 Å². The van der Waals surface area contributed by atoms with Gasteiger partial charge < -0.3 is 19.5 Å². The van der Waals surface area contributed by atoms with Gasteiger partial charge in [0.1, 0.15) is 11.6 Å². The lowest BCUT2D eigenvalue weighted by Crippen LogP contribution is -2.29. The van der Waals surface area contributed by atoms with Gasteiger partial charge in [-0.05, 0) is 36.2 Å². The molecule has 0 unspecified atom stereocenters. The lowest BCUT2D eigenvalue weighted by Gasteiger charge is -2.14. The Bertz CT molecular complexity index is 853. The first kappa shape index (κ1) is 17.9. The Hall–Kier alpha value is -2.93. The number of aliphatic hydroxyl groups excluding tert-OH is 2. The van der Waals surface area contributed by atoms with Crippen molar-refractivity contribution in [2.24, 2.45) is 0 Å². The molecule has 2 heterocycles. The third-order valence-electron chi connectivity index (χ3n) is 4.16. The average molecular weight is 359 g/mol. The fourth-order valence-corrected chi connectivity index (χ4v) is 2.79.